The van der Waals surface area contributed by atoms with Crippen molar-refractivity contribution in [1.82, 2.24) is 10.3 Å². The molecule has 3 N–H and O–H groups in total. The number of rotatable bonds is 5. The number of carboxylic acid groups (broad SMARTS) is 1. The number of fused-ring (bicyclic) bond motifs is 1. The summed E-state index contributed by atoms with van der Waals surface area (Å²) >= 11 is 0. The summed E-state index contributed by atoms with van der Waals surface area (Å²) in [4.78, 5) is 39.4. The fraction of sp³-hybridized carbons (Fsp3) is 0.259. The monoisotopic (exact) mass is 598 g/mol. The number of nitrogens with zero attached hydrogens (tertiary/aromatic N) is 2. The number of hydrogen-bond donors (Lipinski definition) is 3. The first-order chi connectivity index (χ1) is 19.5. The van der Waals surface area contributed by atoms with Gasteiger partial charge in [0, 0.05) is 36.2 Å². The highest BCUT2D eigenvalue weighted by atomic mass is 19.4. The molecular weight excluding hydrogens is 574 g/mol. The first-order valence-corrected chi connectivity index (χ1v) is 12.2. The highest BCUT2D eigenvalue weighted by molar-refractivity contribution is 6.03. The molecule has 0 aliphatic carbocycles. The lowest BCUT2D eigenvalue weighted by molar-refractivity contribution is -0.192. The lowest BCUT2D eigenvalue weighted by atomic mass is 10.1. The van der Waals surface area contributed by atoms with Crippen molar-refractivity contribution in [3.8, 4) is 11.5 Å². The van der Waals surface area contributed by atoms with Crippen molar-refractivity contribution >= 4 is 29.3 Å². The van der Waals surface area contributed by atoms with Gasteiger partial charge in [0.15, 0.2) is 0 Å². The van der Waals surface area contributed by atoms with Crippen LogP contribution in [0.1, 0.15) is 35.5 Å². The molecule has 0 saturated heterocycles. The number of carbonyl (C=O) groups excluding carboxylic acids is 2. The zero-order valence-corrected chi connectivity index (χ0v) is 22.0. The van der Waals surface area contributed by atoms with Gasteiger partial charge in [-0.15, -0.1) is 0 Å². The molecule has 0 saturated carbocycles. The van der Waals surface area contributed by atoms with Gasteiger partial charge in [0.05, 0.1) is 5.56 Å². The Bertz CT molecular complexity index is 1460. The lowest BCUT2D eigenvalue weighted by Gasteiger charge is -2.19. The molecule has 3 amide bonds. The van der Waals surface area contributed by atoms with E-state index in [-0.39, 0.29) is 23.3 Å². The molecule has 9 nitrogen and oxygen atoms in total. The third-order valence-corrected chi connectivity index (χ3v) is 5.49. The zero-order chi connectivity index (χ0) is 31.2. The molecule has 0 unspecified atom stereocenters. The standard InChI is InChI=1S/C25H23F3N4O3.C2HF3O2/c1-15(2)30-23(33)21-14-20(8-10-29-21)35-19-6-7-22-16(12-19)9-11-32(22)24(34)31-18-5-3-4-17(13-18)25(26,27)28;3-2(4,5)1(6)7/h3-8,10,12-15H,9,11H2,1-2H3,(H,30,33)(H,31,34);(H,6,7). The van der Waals surface area contributed by atoms with E-state index in [1.807, 2.05) is 13.8 Å². The SMILES string of the molecule is CC(C)NC(=O)c1cc(Oc2ccc3c(c2)CCN3C(=O)Nc2cccc(C(F)(F)F)c2)ccn1.O=C(O)C(F)(F)F. The second-order valence-corrected chi connectivity index (χ2v) is 9.11. The minimum atomic E-state index is -5.08. The molecule has 15 heteroatoms. The number of aliphatic carboxylic acids is 1. The minimum Gasteiger partial charge on any atom is -0.475 e. The average molecular weight is 599 g/mol. The second-order valence-electron chi connectivity index (χ2n) is 9.11. The largest absolute Gasteiger partial charge is 0.490 e. The van der Waals surface area contributed by atoms with Crippen molar-refractivity contribution in [1.29, 1.82) is 0 Å². The van der Waals surface area contributed by atoms with E-state index in [9.17, 15) is 35.9 Å². The first kappa shape index (κ1) is 31.7. The number of amides is 3. The van der Waals surface area contributed by atoms with Crippen LogP contribution in [0, 0.1) is 0 Å². The predicted molar refractivity (Wildman–Crippen MR) is 139 cm³/mol. The average Bonchev–Trinajstić information content (AvgIpc) is 3.31. The van der Waals surface area contributed by atoms with Crippen LogP contribution in [0.4, 0.5) is 42.5 Å². The summed E-state index contributed by atoms with van der Waals surface area (Å²) in [6, 6.07) is 12.3. The molecule has 42 heavy (non-hydrogen) atoms. The van der Waals surface area contributed by atoms with E-state index in [4.69, 9.17) is 14.6 Å². The summed E-state index contributed by atoms with van der Waals surface area (Å²) in [5, 5.41) is 12.4. The van der Waals surface area contributed by atoms with E-state index in [1.54, 1.807) is 30.3 Å². The topological polar surface area (TPSA) is 121 Å². The normalized spacial score (nSPS) is 12.6. The molecular formula is C27H24F6N4O5. The van der Waals surface area contributed by atoms with Gasteiger partial charge in [0.1, 0.15) is 17.2 Å². The van der Waals surface area contributed by atoms with Crippen LogP contribution >= 0.6 is 0 Å². The van der Waals surface area contributed by atoms with Crippen LogP contribution in [0.2, 0.25) is 0 Å². The van der Waals surface area contributed by atoms with Crippen LogP contribution in [0.15, 0.2) is 60.8 Å². The molecule has 224 valence electrons. The fourth-order valence-electron chi connectivity index (χ4n) is 3.69. The number of nitrogens with one attached hydrogen (secondary N) is 2. The molecule has 0 spiro atoms. The molecule has 2 heterocycles. The van der Waals surface area contributed by atoms with Gasteiger partial charge in [-0.3, -0.25) is 14.7 Å². The Balaban J connectivity index is 0.000000616. The summed E-state index contributed by atoms with van der Waals surface area (Å²) in [5.41, 5.74) is 0.963. The molecule has 0 atom stereocenters. The molecule has 1 aliphatic rings. The Morgan fingerprint density at radius 1 is 0.976 bits per heavy atom. The van der Waals surface area contributed by atoms with Crippen molar-refractivity contribution in [3.05, 3.63) is 77.6 Å². The van der Waals surface area contributed by atoms with Crippen LogP contribution in [0.25, 0.3) is 0 Å². The molecule has 0 radical (unpaired) electrons. The van der Waals surface area contributed by atoms with Gasteiger partial charge in [-0.05, 0) is 68.3 Å². The summed E-state index contributed by atoms with van der Waals surface area (Å²) in [7, 11) is 0. The number of urea groups is 1. The number of alkyl halides is 6. The number of carbonyl (C=O) groups is 3. The Morgan fingerprint density at radius 2 is 1.64 bits per heavy atom. The summed E-state index contributed by atoms with van der Waals surface area (Å²) in [6.07, 6.45) is -7.54. The number of pyridine rings is 1. The number of hydrogen-bond acceptors (Lipinski definition) is 5. The predicted octanol–water partition coefficient (Wildman–Crippen LogP) is 6.26. The maximum Gasteiger partial charge on any atom is 0.490 e. The number of carboxylic acids is 1. The number of anilines is 2. The third kappa shape index (κ3) is 8.59. The quantitative estimate of drug-likeness (QED) is 0.298. The third-order valence-electron chi connectivity index (χ3n) is 5.49. The van der Waals surface area contributed by atoms with E-state index < -0.39 is 29.9 Å². The van der Waals surface area contributed by atoms with Gasteiger partial charge >= 0.3 is 24.4 Å². The Hall–Kier alpha value is -4.82. The first-order valence-electron chi connectivity index (χ1n) is 12.2. The van der Waals surface area contributed by atoms with Crippen LogP contribution in [0.5, 0.6) is 11.5 Å². The maximum absolute atomic E-state index is 13.0. The summed E-state index contributed by atoms with van der Waals surface area (Å²) in [6.45, 7) is 4.08. The highest BCUT2D eigenvalue weighted by Crippen LogP contribution is 2.34. The molecule has 1 aromatic heterocycles. The zero-order valence-electron chi connectivity index (χ0n) is 22.0. The summed E-state index contributed by atoms with van der Waals surface area (Å²) < 4.78 is 76.5. The van der Waals surface area contributed by atoms with Crippen molar-refractivity contribution in [2.24, 2.45) is 0 Å². The van der Waals surface area contributed by atoms with Crippen LogP contribution < -0.4 is 20.3 Å². The molecule has 3 aromatic rings. The molecule has 2 aromatic carbocycles. The molecule has 0 bridgehead atoms. The molecule has 4 rings (SSSR count). The van der Waals surface area contributed by atoms with E-state index in [0.717, 1.165) is 17.7 Å². The van der Waals surface area contributed by atoms with Crippen molar-refractivity contribution in [2.45, 2.75) is 38.7 Å². The van der Waals surface area contributed by atoms with Crippen LogP contribution in [-0.4, -0.2) is 46.8 Å². The van der Waals surface area contributed by atoms with E-state index in [1.165, 1.54) is 23.2 Å². The van der Waals surface area contributed by atoms with Gasteiger partial charge in [-0.1, -0.05) is 6.07 Å². The second kappa shape index (κ2) is 12.8. The molecule has 0 fully saturated rings. The number of ether oxygens (including phenoxy) is 1. The lowest BCUT2D eigenvalue weighted by Crippen LogP contribution is -2.33. The van der Waals surface area contributed by atoms with Gasteiger partial charge in [0.25, 0.3) is 5.91 Å². The highest BCUT2D eigenvalue weighted by Gasteiger charge is 2.38. The number of aromatic nitrogens is 1. The Kier molecular flexibility index (Phi) is 9.65. The van der Waals surface area contributed by atoms with E-state index in [2.05, 4.69) is 15.6 Å². The minimum absolute atomic E-state index is 0.0284. The van der Waals surface area contributed by atoms with Gasteiger partial charge < -0.3 is 20.5 Å². The smallest absolute Gasteiger partial charge is 0.475 e. The van der Waals surface area contributed by atoms with Gasteiger partial charge in [-0.25, -0.2) is 9.59 Å². The van der Waals surface area contributed by atoms with Gasteiger partial charge in [-0.2, -0.15) is 26.3 Å². The van der Waals surface area contributed by atoms with Crippen LogP contribution in [-0.2, 0) is 17.4 Å². The van der Waals surface area contributed by atoms with Crippen LogP contribution in [0.3, 0.4) is 0 Å². The van der Waals surface area contributed by atoms with E-state index in [0.29, 0.717) is 30.2 Å². The number of halogens is 6. The van der Waals surface area contributed by atoms with Crippen molar-refractivity contribution < 1.29 is 50.6 Å². The summed E-state index contributed by atoms with van der Waals surface area (Å²) in [5.74, 6) is -2.11. The Labute approximate surface area is 235 Å². The number of benzene rings is 2. The van der Waals surface area contributed by atoms with E-state index >= 15 is 0 Å². The van der Waals surface area contributed by atoms with Gasteiger partial charge in [0.2, 0.25) is 0 Å². The molecule has 1 aliphatic heterocycles. The van der Waals surface area contributed by atoms with Crippen molar-refractivity contribution in [2.75, 3.05) is 16.8 Å². The van der Waals surface area contributed by atoms with Crippen molar-refractivity contribution in [3.63, 3.8) is 0 Å². The Morgan fingerprint density at radius 3 is 2.26 bits per heavy atom. The maximum atomic E-state index is 13.0. The fourth-order valence-corrected chi connectivity index (χ4v) is 3.69.